The number of alkyl halides is 1. The zero-order valence-electron chi connectivity index (χ0n) is 9.46. The fraction of sp³-hybridized carbons (Fsp3) is 0.417. The van der Waals surface area contributed by atoms with Crippen LogP contribution in [0.1, 0.15) is 31.1 Å². The predicted octanol–water partition coefficient (Wildman–Crippen LogP) is 3.58. The van der Waals surface area contributed by atoms with Crippen molar-refractivity contribution >= 4 is 21.7 Å². The first-order valence-corrected chi connectivity index (χ1v) is 5.98. The van der Waals surface area contributed by atoms with Crippen LogP contribution in [-0.4, -0.2) is 16.7 Å². The summed E-state index contributed by atoms with van der Waals surface area (Å²) in [5.41, 5.74) is 0.345. The lowest BCUT2D eigenvalue weighted by Gasteiger charge is -2.11. The lowest BCUT2D eigenvalue weighted by Crippen LogP contribution is -2.11. The smallest absolute Gasteiger partial charge is 0.176 e. The standard InChI is InChI=1S/C12H14BrFO2/c1-7(2)16-11-5-4-9(6-10(11)14)12(15)8(3)13/h4-8H,1-3H3. The zero-order chi connectivity index (χ0) is 12.3. The summed E-state index contributed by atoms with van der Waals surface area (Å²) in [6.45, 7) is 5.34. The number of ether oxygens (including phenoxy) is 1. The first-order valence-electron chi connectivity index (χ1n) is 5.06. The first kappa shape index (κ1) is 13.2. The third-order valence-electron chi connectivity index (χ3n) is 1.94. The average molecular weight is 289 g/mol. The molecule has 0 saturated carbocycles. The molecule has 0 spiro atoms. The van der Waals surface area contributed by atoms with Gasteiger partial charge in [0.1, 0.15) is 0 Å². The number of carbonyl (C=O) groups is 1. The minimum Gasteiger partial charge on any atom is -0.488 e. The minimum absolute atomic E-state index is 0.0915. The van der Waals surface area contributed by atoms with Crippen molar-refractivity contribution in [3.05, 3.63) is 29.6 Å². The number of carbonyl (C=O) groups excluding carboxylic acids is 1. The highest BCUT2D eigenvalue weighted by Crippen LogP contribution is 2.21. The molecule has 0 radical (unpaired) electrons. The molecule has 0 N–H and O–H groups in total. The van der Waals surface area contributed by atoms with Gasteiger partial charge in [-0.05, 0) is 39.0 Å². The normalized spacial score (nSPS) is 12.6. The number of hydrogen-bond acceptors (Lipinski definition) is 2. The van der Waals surface area contributed by atoms with E-state index in [9.17, 15) is 9.18 Å². The topological polar surface area (TPSA) is 26.3 Å². The van der Waals surface area contributed by atoms with Crippen molar-refractivity contribution in [2.45, 2.75) is 31.7 Å². The number of ketones is 1. The van der Waals surface area contributed by atoms with Gasteiger partial charge in [-0.1, -0.05) is 15.9 Å². The monoisotopic (exact) mass is 288 g/mol. The molecule has 16 heavy (non-hydrogen) atoms. The van der Waals surface area contributed by atoms with E-state index in [-0.39, 0.29) is 22.5 Å². The van der Waals surface area contributed by atoms with Gasteiger partial charge in [-0.15, -0.1) is 0 Å². The molecule has 1 atom stereocenters. The van der Waals surface area contributed by atoms with Gasteiger partial charge in [-0.2, -0.15) is 0 Å². The van der Waals surface area contributed by atoms with Gasteiger partial charge in [0.2, 0.25) is 0 Å². The van der Waals surface area contributed by atoms with E-state index in [0.717, 1.165) is 0 Å². The van der Waals surface area contributed by atoms with Crippen LogP contribution >= 0.6 is 15.9 Å². The van der Waals surface area contributed by atoms with Crippen LogP contribution in [0.5, 0.6) is 5.75 Å². The molecule has 0 saturated heterocycles. The number of halogens is 2. The van der Waals surface area contributed by atoms with Crippen LogP contribution in [0.4, 0.5) is 4.39 Å². The van der Waals surface area contributed by atoms with E-state index in [0.29, 0.717) is 5.56 Å². The number of Topliss-reactive ketones (excluding diaryl/α,β-unsaturated/α-hetero) is 1. The Labute approximate surface area is 103 Å². The summed E-state index contributed by atoms with van der Waals surface area (Å²) in [7, 11) is 0. The molecule has 0 aromatic heterocycles. The zero-order valence-corrected chi connectivity index (χ0v) is 11.0. The summed E-state index contributed by atoms with van der Waals surface area (Å²) in [5, 5.41) is 0. The van der Waals surface area contributed by atoms with Crippen molar-refractivity contribution in [3.8, 4) is 5.75 Å². The van der Waals surface area contributed by atoms with Crippen molar-refractivity contribution in [2.24, 2.45) is 0 Å². The van der Waals surface area contributed by atoms with E-state index in [1.165, 1.54) is 12.1 Å². The molecule has 0 heterocycles. The molecule has 0 fully saturated rings. The van der Waals surface area contributed by atoms with Gasteiger partial charge < -0.3 is 4.74 Å². The Kier molecular flexibility index (Phi) is 4.47. The predicted molar refractivity (Wildman–Crippen MR) is 64.9 cm³/mol. The number of rotatable bonds is 4. The Bertz CT molecular complexity index is 389. The van der Waals surface area contributed by atoms with Crippen LogP contribution in [-0.2, 0) is 0 Å². The molecule has 0 amide bonds. The summed E-state index contributed by atoms with van der Waals surface area (Å²) < 4.78 is 18.8. The SMILES string of the molecule is CC(C)Oc1ccc(C(=O)C(C)Br)cc1F. The highest BCUT2D eigenvalue weighted by Gasteiger charge is 2.14. The van der Waals surface area contributed by atoms with Crippen molar-refractivity contribution < 1.29 is 13.9 Å². The summed E-state index contributed by atoms with van der Waals surface area (Å²) in [4.78, 5) is 11.3. The van der Waals surface area contributed by atoms with E-state index in [4.69, 9.17) is 4.74 Å². The molecule has 1 rings (SSSR count). The van der Waals surface area contributed by atoms with E-state index in [1.54, 1.807) is 13.0 Å². The van der Waals surface area contributed by atoms with Crippen LogP contribution in [0, 0.1) is 5.82 Å². The molecule has 1 aromatic carbocycles. The molecule has 0 aliphatic heterocycles. The summed E-state index contributed by atoms with van der Waals surface area (Å²) >= 11 is 3.16. The number of hydrogen-bond donors (Lipinski definition) is 0. The van der Waals surface area contributed by atoms with Crippen LogP contribution in [0.15, 0.2) is 18.2 Å². The molecule has 0 aliphatic rings. The first-order chi connectivity index (χ1) is 7.41. The van der Waals surface area contributed by atoms with Crippen molar-refractivity contribution in [3.63, 3.8) is 0 Å². The Morgan fingerprint density at radius 1 is 1.38 bits per heavy atom. The Morgan fingerprint density at radius 3 is 2.44 bits per heavy atom. The molecule has 1 unspecified atom stereocenters. The molecule has 0 bridgehead atoms. The molecular weight excluding hydrogens is 275 g/mol. The van der Waals surface area contributed by atoms with Crippen LogP contribution in [0.3, 0.4) is 0 Å². The second kappa shape index (κ2) is 5.43. The van der Waals surface area contributed by atoms with Crippen molar-refractivity contribution in [1.82, 2.24) is 0 Å². The van der Waals surface area contributed by atoms with Gasteiger partial charge >= 0.3 is 0 Å². The quantitative estimate of drug-likeness (QED) is 0.625. The highest BCUT2D eigenvalue weighted by atomic mass is 79.9. The Morgan fingerprint density at radius 2 is 2.00 bits per heavy atom. The van der Waals surface area contributed by atoms with Crippen LogP contribution in [0.2, 0.25) is 0 Å². The molecule has 0 aliphatic carbocycles. The van der Waals surface area contributed by atoms with Gasteiger partial charge in [0, 0.05) is 5.56 Å². The van der Waals surface area contributed by atoms with Crippen molar-refractivity contribution in [1.29, 1.82) is 0 Å². The molecular formula is C12H14BrFO2. The number of benzene rings is 1. The molecule has 2 nitrogen and oxygen atoms in total. The van der Waals surface area contributed by atoms with Crippen molar-refractivity contribution in [2.75, 3.05) is 0 Å². The maximum atomic E-state index is 13.5. The Balaban J connectivity index is 2.95. The summed E-state index contributed by atoms with van der Waals surface area (Å²) in [6, 6.07) is 4.26. The van der Waals surface area contributed by atoms with E-state index >= 15 is 0 Å². The second-order valence-corrected chi connectivity index (χ2v) is 5.17. The fourth-order valence-electron chi connectivity index (χ4n) is 1.23. The fourth-order valence-corrected chi connectivity index (χ4v) is 1.50. The van der Waals surface area contributed by atoms with Gasteiger partial charge in [0.15, 0.2) is 17.3 Å². The maximum Gasteiger partial charge on any atom is 0.176 e. The van der Waals surface area contributed by atoms with Gasteiger partial charge in [-0.3, -0.25) is 4.79 Å². The summed E-state index contributed by atoms with van der Waals surface area (Å²) in [5.74, 6) is -0.475. The minimum atomic E-state index is -0.507. The van der Waals surface area contributed by atoms with Gasteiger partial charge in [-0.25, -0.2) is 4.39 Å². The average Bonchev–Trinajstić information content (AvgIpc) is 2.19. The highest BCUT2D eigenvalue weighted by molar-refractivity contribution is 9.10. The third-order valence-corrected chi connectivity index (χ3v) is 2.36. The lowest BCUT2D eigenvalue weighted by atomic mass is 10.1. The second-order valence-electron chi connectivity index (χ2n) is 3.79. The van der Waals surface area contributed by atoms with E-state index in [2.05, 4.69) is 15.9 Å². The van der Waals surface area contributed by atoms with Gasteiger partial charge in [0.05, 0.1) is 10.9 Å². The largest absolute Gasteiger partial charge is 0.488 e. The third kappa shape index (κ3) is 3.30. The maximum absolute atomic E-state index is 13.5. The summed E-state index contributed by atoms with van der Waals surface area (Å²) in [6.07, 6.45) is -0.0915. The molecule has 88 valence electrons. The van der Waals surface area contributed by atoms with Crippen LogP contribution in [0.25, 0.3) is 0 Å². The van der Waals surface area contributed by atoms with E-state index in [1.807, 2.05) is 13.8 Å². The Hall–Kier alpha value is -0.900. The van der Waals surface area contributed by atoms with E-state index < -0.39 is 5.82 Å². The molecule has 1 aromatic rings. The molecule has 4 heteroatoms. The van der Waals surface area contributed by atoms with Gasteiger partial charge in [0.25, 0.3) is 0 Å². The van der Waals surface area contributed by atoms with Crippen LogP contribution < -0.4 is 4.74 Å². The lowest BCUT2D eigenvalue weighted by molar-refractivity contribution is 0.0995.